The molecule has 0 bridgehead atoms. The van der Waals surface area contributed by atoms with E-state index in [1.54, 1.807) is 12.1 Å². The third-order valence-corrected chi connectivity index (χ3v) is 6.67. The van der Waals surface area contributed by atoms with Crippen LogP contribution >= 0.6 is 23.5 Å². The van der Waals surface area contributed by atoms with Crippen LogP contribution < -0.4 is 10.1 Å². The number of rotatable bonds is 5. The average molecular weight is 414 g/mol. The van der Waals surface area contributed by atoms with Crippen LogP contribution in [0.4, 0.5) is 18.9 Å². The molecule has 4 nitrogen and oxygen atoms in total. The van der Waals surface area contributed by atoms with Crippen LogP contribution in [-0.4, -0.2) is 35.2 Å². The molecule has 0 spiro atoms. The van der Waals surface area contributed by atoms with E-state index in [1.165, 1.54) is 30.3 Å². The minimum Gasteiger partial charge on any atom is -0.468 e. The molecule has 0 atom stereocenters. The zero-order chi connectivity index (χ0) is 19.3. The van der Waals surface area contributed by atoms with Crippen LogP contribution in [-0.2, 0) is 0 Å². The largest absolute Gasteiger partial charge is 0.468 e. The van der Waals surface area contributed by atoms with Crippen LogP contribution in [0.5, 0.6) is 5.88 Å². The van der Waals surface area contributed by atoms with Crippen LogP contribution in [0.1, 0.15) is 26.9 Å². The Kier molecular flexibility index (Phi) is 6.54. The van der Waals surface area contributed by atoms with Crippen molar-refractivity contribution >= 4 is 35.1 Å². The molecule has 9 heteroatoms. The molecule has 0 aliphatic carbocycles. The maximum Gasteiger partial charge on any atom is 0.422 e. The van der Waals surface area contributed by atoms with Crippen molar-refractivity contribution in [3.05, 3.63) is 53.7 Å². The number of pyridine rings is 1. The monoisotopic (exact) mass is 414 g/mol. The van der Waals surface area contributed by atoms with Gasteiger partial charge in [-0.1, -0.05) is 12.1 Å². The Hall–Kier alpha value is -1.87. The number of benzene rings is 1. The maximum atomic E-state index is 12.3. The molecule has 1 aliphatic rings. The Labute approximate surface area is 163 Å². The van der Waals surface area contributed by atoms with Gasteiger partial charge in [-0.05, 0) is 41.7 Å². The highest BCUT2D eigenvalue weighted by Gasteiger charge is 2.28. The van der Waals surface area contributed by atoms with Crippen LogP contribution in [0, 0.1) is 0 Å². The summed E-state index contributed by atoms with van der Waals surface area (Å²) in [4.78, 5) is 16.1. The summed E-state index contributed by atoms with van der Waals surface area (Å²) in [6.07, 6.45) is -1.94. The number of halogens is 3. The quantitative estimate of drug-likeness (QED) is 0.734. The number of ether oxygens (including phenoxy) is 1. The first-order chi connectivity index (χ1) is 12.9. The van der Waals surface area contributed by atoms with Gasteiger partial charge in [0.1, 0.15) is 0 Å². The van der Waals surface area contributed by atoms with Gasteiger partial charge in [-0.15, -0.1) is 23.5 Å². The van der Waals surface area contributed by atoms with E-state index in [0.717, 1.165) is 11.5 Å². The summed E-state index contributed by atoms with van der Waals surface area (Å²) in [7, 11) is 0. The van der Waals surface area contributed by atoms with E-state index in [0.29, 0.717) is 15.8 Å². The van der Waals surface area contributed by atoms with Gasteiger partial charge in [-0.25, -0.2) is 4.98 Å². The zero-order valence-electron chi connectivity index (χ0n) is 14.2. The molecule has 0 saturated carbocycles. The lowest BCUT2D eigenvalue weighted by Gasteiger charge is -2.21. The van der Waals surface area contributed by atoms with Crippen molar-refractivity contribution in [1.82, 2.24) is 4.98 Å². The molecule has 0 unspecified atom stereocenters. The SMILES string of the molecule is O=C(Nc1ccc(OCC(F)(F)F)nc1)c1ccc(C2SCCCS2)cc1. The molecule has 1 fully saturated rings. The van der Waals surface area contributed by atoms with E-state index in [9.17, 15) is 18.0 Å². The first-order valence-corrected chi connectivity index (χ1v) is 10.3. The number of anilines is 1. The van der Waals surface area contributed by atoms with E-state index in [2.05, 4.69) is 15.0 Å². The molecule has 1 amide bonds. The van der Waals surface area contributed by atoms with Crippen molar-refractivity contribution in [1.29, 1.82) is 0 Å². The molecule has 1 aromatic heterocycles. The van der Waals surface area contributed by atoms with E-state index >= 15 is 0 Å². The molecule has 2 heterocycles. The van der Waals surface area contributed by atoms with Crippen molar-refractivity contribution in [2.75, 3.05) is 23.4 Å². The average Bonchev–Trinajstić information content (AvgIpc) is 2.68. The highest BCUT2D eigenvalue weighted by molar-refractivity contribution is 8.16. The van der Waals surface area contributed by atoms with Gasteiger partial charge in [0.25, 0.3) is 5.91 Å². The number of hydrogen-bond acceptors (Lipinski definition) is 5. The first-order valence-electron chi connectivity index (χ1n) is 8.21. The van der Waals surface area contributed by atoms with Crippen LogP contribution in [0.25, 0.3) is 0 Å². The third kappa shape index (κ3) is 6.07. The fraction of sp³-hybridized carbons (Fsp3) is 0.333. The molecule has 1 aliphatic heterocycles. The van der Waals surface area contributed by atoms with Gasteiger partial charge in [-0.2, -0.15) is 13.2 Å². The summed E-state index contributed by atoms with van der Waals surface area (Å²) in [6, 6.07) is 10.2. The second-order valence-corrected chi connectivity index (χ2v) is 8.52. The molecule has 3 rings (SSSR count). The van der Waals surface area contributed by atoms with Gasteiger partial charge in [0, 0.05) is 11.6 Å². The Balaban J connectivity index is 1.56. The van der Waals surface area contributed by atoms with E-state index < -0.39 is 12.8 Å². The molecular weight excluding hydrogens is 397 g/mol. The highest BCUT2D eigenvalue weighted by Crippen LogP contribution is 2.43. The Morgan fingerprint density at radius 2 is 1.85 bits per heavy atom. The lowest BCUT2D eigenvalue weighted by molar-refractivity contribution is -0.154. The fourth-order valence-electron chi connectivity index (χ4n) is 2.37. The summed E-state index contributed by atoms with van der Waals surface area (Å²) in [5, 5.41) is 2.67. The summed E-state index contributed by atoms with van der Waals surface area (Å²) >= 11 is 3.82. The lowest BCUT2D eigenvalue weighted by atomic mass is 10.1. The predicted molar refractivity (Wildman–Crippen MR) is 102 cm³/mol. The molecule has 0 radical (unpaired) electrons. The van der Waals surface area contributed by atoms with Gasteiger partial charge in [0.15, 0.2) is 6.61 Å². The first kappa shape index (κ1) is 19.9. The number of nitrogens with one attached hydrogen (secondary N) is 1. The summed E-state index contributed by atoms with van der Waals surface area (Å²) < 4.78 is 41.3. The molecule has 27 heavy (non-hydrogen) atoms. The highest BCUT2D eigenvalue weighted by atomic mass is 32.2. The smallest absolute Gasteiger partial charge is 0.422 e. The molecule has 1 N–H and O–H groups in total. The predicted octanol–water partition coefficient (Wildman–Crippen LogP) is 5.14. The number of thioether (sulfide) groups is 2. The van der Waals surface area contributed by atoms with Gasteiger partial charge in [0.2, 0.25) is 5.88 Å². The van der Waals surface area contributed by atoms with Crippen LogP contribution in [0.2, 0.25) is 0 Å². The number of carbonyl (C=O) groups excluding carboxylic acids is 1. The van der Waals surface area contributed by atoms with Gasteiger partial charge in [0.05, 0.1) is 16.5 Å². The minimum atomic E-state index is -4.42. The van der Waals surface area contributed by atoms with Gasteiger partial charge in [-0.3, -0.25) is 4.79 Å². The normalized spacial score (nSPS) is 15.4. The number of hydrogen-bond donors (Lipinski definition) is 1. The van der Waals surface area contributed by atoms with Crippen molar-refractivity contribution in [3.8, 4) is 5.88 Å². The second kappa shape index (κ2) is 8.88. The molecular formula is C18H17F3N2O2S2. The summed E-state index contributed by atoms with van der Waals surface area (Å²) in [5.41, 5.74) is 2.07. The van der Waals surface area contributed by atoms with Crippen molar-refractivity contribution in [2.45, 2.75) is 17.2 Å². The lowest BCUT2D eigenvalue weighted by Crippen LogP contribution is -2.19. The second-order valence-electron chi connectivity index (χ2n) is 5.79. The number of nitrogens with zero attached hydrogens (tertiary/aromatic N) is 1. The third-order valence-electron chi connectivity index (χ3n) is 3.65. The molecule has 144 valence electrons. The van der Waals surface area contributed by atoms with Crippen molar-refractivity contribution in [3.63, 3.8) is 0 Å². The van der Waals surface area contributed by atoms with Crippen LogP contribution in [0.3, 0.4) is 0 Å². The minimum absolute atomic E-state index is 0.155. The number of amides is 1. The van der Waals surface area contributed by atoms with Crippen molar-refractivity contribution in [2.24, 2.45) is 0 Å². The molecule has 2 aromatic rings. The fourth-order valence-corrected chi connectivity index (χ4v) is 5.26. The topological polar surface area (TPSA) is 51.2 Å². The Morgan fingerprint density at radius 3 is 2.44 bits per heavy atom. The summed E-state index contributed by atoms with van der Waals surface area (Å²) in [6.45, 7) is -1.41. The standard InChI is InChI=1S/C18H17F3N2O2S2/c19-18(20,21)11-25-15-7-6-14(10-22-15)23-16(24)12-2-4-13(5-3-12)17-26-8-1-9-27-17/h2-7,10,17H,1,8-9,11H2,(H,23,24). The van der Waals surface area contributed by atoms with Gasteiger partial charge >= 0.3 is 6.18 Å². The molecule has 1 saturated heterocycles. The zero-order valence-corrected chi connectivity index (χ0v) is 15.8. The van der Waals surface area contributed by atoms with Crippen LogP contribution in [0.15, 0.2) is 42.6 Å². The number of aromatic nitrogens is 1. The number of carbonyl (C=O) groups is 1. The van der Waals surface area contributed by atoms with Crippen molar-refractivity contribution < 1.29 is 22.7 Å². The Bertz CT molecular complexity index is 762. The number of alkyl halides is 3. The Morgan fingerprint density at radius 1 is 1.15 bits per heavy atom. The van der Waals surface area contributed by atoms with Gasteiger partial charge < -0.3 is 10.1 Å². The van der Waals surface area contributed by atoms with E-state index in [-0.39, 0.29) is 11.8 Å². The summed E-state index contributed by atoms with van der Waals surface area (Å²) in [5.74, 6) is 1.83. The van der Waals surface area contributed by atoms with E-state index in [4.69, 9.17) is 0 Å². The maximum absolute atomic E-state index is 12.3. The molecule has 1 aromatic carbocycles. The van der Waals surface area contributed by atoms with E-state index in [1.807, 2.05) is 35.7 Å².